The van der Waals surface area contributed by atoms with Crippen LogP contribution in [0.1, 0.15) is 11.3 Å². The molecule has 0 aliphatic rings. The standard InChI is InChI=1S/C23H18F2IN5O2/c24-16-2-6-19(20(25)10-16)23(33,12-31-14-27-13-29-31)11-28-22(32)8-5-18-4-1-15-9-17(26)3-7-21(15)30-18/h1-10,13-14,33H,11-12H2,(H,28,32). The molecule has 2 aromatic carbocycles. The number of carbonyl (C=O) groups excluding carboxylic acids is 1. The van der Waals surface area contributed by atoms with Gasteiger partial charge in [-0.25, -0.2) is 23.4 Å². The average molecular weight is 561 g/mol. The van der Waals surface area contributed by atoms with Crippen molar-refractivity contribution in [2.75, 3.05) is 6.54 Å². The van der Waals surface area contributed by atoms with Gasteiger partial charge in [-0.3, -0.25) is 4.79 Å². The number of carbonyl (C=O) groups is 1. The predicted molar refractivity (Wildman–Crippen MR) is 127 cm³/mol. The Kier molecular flexibility index (Phi) is 6.75. The molecular weight excluding hydrogens is 543 g/mol. The van der Waals surface area contributed by atoms with Gasteiger partial charge in [0.15, 0.2) is 0 Å². The Labute approximate surface area is 201 Å². The number of benzene rings is 2. The molecule has 4 rings (SSSR count). The highest BCUT2D eigenvalue weighted by Crippen LogP contribution is 2.26. The van der Waals surface area contributed by atoms with Crippen LogP contribution in [0, 0.1) is 15.2 Å². The first-order valence-corrected chi connectivity index (χ1v) is 10.9. The molecule has 0 saturated heterocycles. The summed E-state index contributed by atoms with van der Waals surface area (Å²) in [7, 11) is 0. The molecule has 1 atom stereocenters. The first kappa shape index (κ1) is 22.9. The van der Waals surface area contributed by atoms with Crippen LogP contribution in [0.3, 0.4) is 0 Å². The zero-order chi connectivity index (χ0) is 23.4. The van der Waals surface area contributed by atoms with Crippen molar-refractivity contribution in [1.29, 1.82) is 0 Å². The lowest BCUT2D eigenvalue weighted by molar-refractivity contribution is -0.118. The number of aliphatic hydroxyl groups is 1. The zero-order valence-electron chi connectivity index (χ0n) is 17.1. The van der Waals surface area contributed by atoms with Gasteiger partial charge in [-0.1, -0.05) is 12.1 Å². The smallest absolute Gasteiger partial charge is 0.244 e. The number of fused-ring (bicyclic) bond motifs is 1. The quantitative estimate of drug-likeness (QED) is 0.267. The fourth-order valence-corrected chi connectivity index (χ4v) is 3.86. The fraction of sp³-hybridized carbons (Fsp3) is 0.130. The van der Waals surface area contributed by atoms with Gasteiger partial charge in [-0.15, -0.1) is 0 Å². The van der Waals surface area contributed by atoms with Crippen molar-refractivity contribution in [2.45, 2.75) is 12.1 Å². The molecule has 0 aliphatic heterocycles. The minimum absolute atomic E-state index is 0.172. The first-order chi connectivity index (χ1) is 15.8. The molecule has 10 heteroatoms. The summed E-state index contributed by atoms with van der Waals surface area (Å²) in [6, 6.07) is 12.4. The molecule has 168 valence electrons. The van der Waals surface area contributed by atoms with Crippen molar-refractivity contribution < 1.29 is 18.7 Å². The maximum absolute atomic E-state index is 14.4. The molecule has 2 aromatic heterocycles. The van der Waals surface area contributed by atoms with Crippen LogP contribution >= 0.6 is 22.6 Å². The normalized spacial score (nSPS) is 13.3. The number of halogens is 3. The second kappa shape index (κ2) is 9.71. The molecule has 0 spiro atoms. The van der Waals surface area contributed by atoms with Crippen LogP contribution in [-0.2, 0) is 16.9 Å². The van der Waals surface area contributed by atoms with E-state index in [1.165, 1.54) is 23.4 Å². The second-order valence-electron chi connectivity index (χ2n) is 7.37. The Morgan fingerprint density at radius 2 is 2.03 bits per heavy atom. The van der Waals surface area contributed by atoms with E-state index in [2.05, 4.69) is 43.0 Å². The van der Waals surface area contributed by atoms with E-state index in [9.17, 15) is 18.7 Å². The van der Waals surface area contributed by atoms with E-state index < -0.39 is 23.1 Å². The number of amides is 1. The summed E-state index contributed by atoms with van der Waals surface area (Å²) in [6.45, 7) is -0.549. The van der Waals surface area contributed by atoms with Gasteiger partial charge in [0.25, 0.3) is 0 Å². The van der Waals surface area contributed by atoms with Gasteiger partial charge in [0.1, 0.15) is 29.9 Å². The van der Waals surface area contributed by atoms with Crippen LogP contribution in [0.5, 0.6) is 0 Å². The zero-order valence-corrected chi connectivity index (χ0v) is 19.3. The van der Waals surface area contributed by atoms with Gasteiger partial charge >= 0.3 is 0 Å². The van der Waals surface area contributed by atoms with Crippen molar-refractivity contribution in [3.63, 3.8) is 0 Å². The van der Waals surface area contributed by atoms with Crippen molar-refractivity contribution in [3.05, 3.63) is 93.7 Å². The topological polar surface area (TPSA) is 92.9 Å². The van der Waals surface area contributed by atoms with Gasteiger partial charge in [-0.05, 0) is 59.0 Å². The summed E-state index contributed by atoms with van der Waals surface area (Å²) in [6.07, 6.45) is 5.43. The molecule has 33 heavy (non-hydrogen) atoms. The van der Waals surface area contributed by atoms with Crippen molar-refractivity contribution in [2.24, 2.45) is 0 Å². The largest absolute Gasteiger partial charge is 0.381 e. The van der Waals surface area contributed by atoms with E-state index >= 15 is 0 Å². The molecule has 0 radical (unpaired) electrons. The highest BCUT2D eigenvalue weighted by Gasteiger charge is 2.34. The lowest BCUT2D eigenvalue weighted by Gasteiger charge is -2.29. The predicted octanol–water partition coefficient (Wildman–Crippen LogP) is 3.43. The molecule has 0 aliphatic carbocycles. The van der Waals surface area contributed by atoms with Crippen molar-refractivity contribution >= 4 is 45.5 Å². The molecule has 1 amide bonds. The SMILES string of the molecule is O=C(C=Cc1ccc2cc(I)ccc2n1)NCC(O)(Cn1cncn1)c1ccc(F)cc1F. The molecule has 2 heterocycles. The monoisotopic (exact) mass is 561 g/mol. The molecular formula is C23H18F2IN5O2. The number of pyridine rings is 1. The Morgan fingerprint density at radius 1 is 1.18 bits per heavy atom. The van der Waals surface area contributed by atoms with E-state index in [-0.39, 0.29) is 18.7 Å². The van der Waals surface area contributed by atoms with Crippen LogP contribution in [0.4, 0.5) is 8.78 Å². The van der Waals surface area contributed by atoms with E-state index in [4.69, 9.17) is 0 Å². The van der Waals surface area contributed by atoms with Crippen LogP contribution in [0.2, 0.25) is 0 Å². The number of hydrogen-bond donors (Lipinski definition) is 2. The highest BCUT2D eigenvalue weighted by molar-refractivity contribution is 14.1. The summed E-state index contributed by atoms with van der Waals surface area (Å²) < 4.78 is 30.2. The maximum Gasteiger partial charge on any atom is 0.244 e. The number of hydrogen-bond acceptors (Lipinski definition) is 5. The number of nitrogens with one attached hydrogen (secondary N) is 1. The van der Waals surface area contributed by atoms with Gasteiger partial charge in [0.2, 0.25) is 5.91 Å². The molecule has 4 aromatic rings. The summed E-state index contributed by atoms with van der Waals surface area (Å²) in [5, 5.41) is 18.7. The van der Waals surface area contributed by atoms with Crippen molar-refractivity contribution in [1.82, 2.24) is 25.1 Å². The van der Waals surface area contributed by atoms with E-state index in [1.54, 1.807) is 12.1 Å². The van der Waals surface area contributed by atoms with Gasteiger partial charge < -0.3 is 10.4 Å². The number of rotatable bonds is 7. The number of nitrogens with zero attached hydrogens (tertiary/aromatic N) is 4. The van der Waals surface area contributed by atoms with Gasteiger partial charge in [0.05, 0.1) is 24.3 Å². The summed E-state index contributed by atoms with van der Waals surface area (Å²) in [5.41, 5.74) is -0.685. The summed E-state index contributed by atoms with van der Waals surface area (Å²) in [4.78, 5) is 20.7. The average Bonchev–Trinajstić information content (AvgIpc) is 3.29. The van der Waals surface area contributed by atoms with Crippen LogP contribution in [-0.4, -0.2) is 37.3 Å². The Hall–Kier alpha value is -3.25. The van der Waals surface area contributed by atoms with Crippen LogP contribution in [0.15, 0.2) is 67.3 Å². The van der Waals surface area contributed by atoms with Gasteiger partial charge in [0, 0.05) is 26.7 Å². The van der Waals surface area contributed by atoms with E-state index in [1.807, 2.05) is 24.3 Å². The Bertz CT molecular complexity index is 1330. The third kappa shape index (κ3) is 5.57. The lowest BCUT2D eigenvalue weighted by Crippen LogP contribution is -2.44. The Morgan fingerprint density at radius 3 is 2.79 bits per heavy atom. The van der Waals surface area contributed by atoms with Gasteiger partial charge in [-0.2, -0.15) is 5.10 Å². The lowest BCUT2D eigenvalue weighted by atomic mass is 9.92. The third-order valence-corrected chi connectivity index (χ3v) is 5.63. The Balaban J connectivity index is 1.50. The molecule has 1 unspecified atom stereocenters. The molecule has 0 saturated carbocycles. The summed E-state index contributed by atoms with van der Waals surface area (Å²) >= 11 is 2.23. The maximum atomic E-state index is 14.4. The third-order valence-electron chi connectivity index (χ3n) is 4.96. The van der Waals surface area contributed by atoms with E-state index in [0.717, 1.165) is 26.6 Å². The van der Waals surface area contributed by atoms with Crippen LogP contribution < -0.4 is 5.32 Å². The van der Waals surface area contributed by atoms with Crippen molar-refractivity contribution in [3.8, 4) is 0 Å². The van der Waals surface area contributed by atoms with Crippen LogP contribution in [0.25, 0.3) is 17.0 Å². The molecule has 7 nitrogen and oxygen atoms in total. The second-order valence-corrected chi connectivity index (χ2v) is 8.62. The molecule has 2 N–H and O–H groups in total. The van der Waals surface area contributed by atoms with E-state index in [0.29, 0.717) is 11.8 Å². The fourth-order valence-electron chi connectivity index (χ4n) is 3.34. The molecule has 0 bridgehead atoms. The summed E-state index contributed by atoms with van der Waals surface area (Å²) in [5.74, 6) is -2.22. The first-order valence-electron chi connectivity index (χ1n) is 9.85. The molecule has 0 fully saturated rings. The number of aromatic nitrogens is 4. The highest BCUT2D eigenvalue weighted by atomic mass is 127. The minimum atomic E-state index is -1.90. The minimum Gasteiger partial charge on any atom is -0.381 e.